The van der Waals surface area contributed by atoms with Gasteiger partial charge in [-0.15, -0.1) is 0 Å². The summed E-state index contributed by atoms with van der Waals surface area (Å²) in [5.41, 5.74) is 0.651. The smallest absolute Gasteiger partial charge is 0.326 e. The molecule has 0 saturated heterocycles. The van der Waals surface area contributed by atoms with Crippen molar-refractivity contribution in [1.82, 2.24) is 10.0 Å². The molecule has 1 aromatic rings. The van der Waals surface area contributed by atoms with E-state index in [-0.39, 0.29) is 22.4 Å². The first-order valence-electron chi connectivity index (χ1n) is 8.51. The number of carboxylic acid groups (broad SMARTS) is 1. The van der Waals surface area contributed by atoms with Gasteiger partial charge in [0, 0.05) is 12.1 Å². The van der Waals surface area contributed by atoms with Crippen LogP contribution in [0.3, 0.4) is 0 Å². The number of carbonyl (C=O) groups excluding carboxylic acids is 1. The van der Waals surface area contributed by atoms with Crippen LogP contribution in [0.5, 0.6) is 0 Å². The lowest BCUT2D eigenvalue weighted by atomic mass is 9.88. The van der Waals surface area contributed by atoms with Crippen molar-refractivity contribution in [2.24, 2.45) is 5.41 Å². The van der Waals surface area contributed by atoms with Gasteiger partial charge in [-0.3, -0.25) is 4.79 Å². The molecule has 0 heterocycles. The van der Waals surface area contributed by atoms with Gasteiger partial charge in [-0.05, 0) is 42.9 Å². The van der Waals surface area contributed by atoms with E-state index in [1.54, 1.807) is 13.8 Å². The molecule has 26 heavy (non-hydrogen) atoms. The predicted molar refractivity (Wildman–Crippen MR) is 99.6 cm³/mol. The lowest BCUT2D eigenvalue weighted by Crippen LogP contribution is -2.41. The van der Waals surface area contributed by atoms with Gasteiger partial charge in [-0.25, -0.2) is 17.9 Å². The van der Waals surface area contributed by atoms with Gasteiger partial charge in [0.2, 0.25) is 10.0 Å². The Balaban J connectivity index is 3.06. The van der Waals surface area contributed by atoms with Crippen LogP contribution in [0.25, 0.3) is 0 Å². The van der Waals surface area contributed by atoms with Gasteiger partial charge in [0.15, 0.2) is 0 Å². The van der Waals surface area contributed by atoms with Crippen molar-refractivity contribution in [3.05, 3.63) is 29.3 Å². The number of aliphatic carboxylic acids is 1. The first kappa shape index (κ1) is 22.1. The molecule has 0 aliphatic carbocycles. The number of hydrogen-bond donors (Lipinski definition) is 3. The Morgan fingerprint density at radius 3 is 2.35 bits per heavy atom. The van der Waals surface area contributed by atoms with E-state index in [1.807, 2.05) is 20.8 Å². The van der Waals surface area contributed by atoms with Crippen LogP contribution in [0.4, 0.5) is 0 Å². The Bertz CT molecular complexity index is 766. The van der Waals surface area contributed by atoms with Crippen LogP contribution in [0, 0.1) is 12.3 Å². The van der Waals surface area contributed by atoms with Gasteiger partial charge < -0.3 is 10.4 Å². The monoisotopic (exact) mass is 384 g/mol. The minimum absolute atomic E-state index is 0.0309. The van der Waals surface area contributed by atoms with E-state index in [0.29, 0.717) is 18.4 Å². The van der Waals surface area contributed by atoms with Crippen LogP contribution >= 0.6 is 0 Å². The second-order valence-electron chi connectivity index (χ2n) is 7.44. The Labute approximate surface area is 155 Å². The van der Waals surface area contributed by atoms with Gasteiger partial charge in [-0.2, -0.15) is 0 Å². The summed E-state index contributed by atoms with van der Waals surface area (Å²) in [6, 6.07) is 3.18. The van der Waals surface area contributed by atoms with Crippen LogP contribution in [0.1, 0.15) is 56.5 Å². The maximum Gasteiger partial charge on any atom is 0.326 e. The third-order valence-corrected chi connectivity index (χ3v) is 5.43. The minimum atomic E-state index is -3.70. The summed E-state index contributed by atoms with van der Waals surface area (Å²) >= 11 is 0. The fourth-order valence-electron chi connectivity index (χ4n) is 2.36. The minimum Gasteiger partial charge on any atom is -0.480 e. The second-order valence-corrected chi connectivity index (χ2v) is 9.21. The summed E-state index contributed by atoms with van der Waals surface area (Å²) in [6.07, 6.45) is 0.914. The standard InChI is InChI=1S/C18H28N2O5S/c1-6-19-26(24,25)13-8-7-12(2)14(11-13)16(21)20-15(17(22)23)9-10-18(3,4)5/h7-8,11,15,19H,6,9-10H2,1-5H3,(H,20,21)(H,22,23). The Morgan fingerprint density at radius 2 is 1.85 bits per heavy atom. The summed E-state index contributed by atoms with van der Waals surface area (Å²) in [6.45, 7) is 9.54. The van der Waals surface area contributed by atoms with Crippen molar-refractivity contribution in [1.29, 1.82) is 0 Å². The lowest BCUT2D eigenvalue weighted by Gasteiger charge is -2.22. The molecule has 0 spiro atoms. The largest absolute Gasteiger partial charge is 0.480 e. The summed E-state index contributed by atoms with van der Waals surface area (Å²) in [7, 11) is -3.70. The lowest BCUT2D eigenvalue weighted by molar-refractivity contribution is -0.139. The molecule has 1 atom stereocenters. The van der Waals surface area contributed by atoms with E-state index < -0.39 is 27.9 Å². The summed E-state index contributed by atoms with van der Waals surface area (Å²) in [4.78, 5) is 24.0. The molecule has 0 aliphatic heterocycles. The quantitative estimate of drug-likeness (QED) is 0.636. The number of aryl methyl sites for hydroxylation is 1. The molecular formula is C18H28N2O5S. The van der Waals surface area contributed by atoms with E-state index >= 15 is 0 Å². The molecule has 0 bridgehead atoms. The average molecular weight is 384 g/mol. The fourth-order valence-corrected chi connectivity index (χ4v) is 3.42. The molecule has 0 saturated carbocycles. The summed E-state index contributed by atoms with van der Waals surface area (Å²) in [5, 5.41) is 11.9. The predicted octanol–water partition coefficient (Wildman–Crippen LogP) is 2.30. The van der Waals surface area contributed by atoms with Crippen LogP contribution in [0.15, 0.2) is 23.1 Å². The first-order chi connectivity index (χ1) is 11.9. The maximum absolute atomic E-state index is 12.6. The fraction of sp³-hybridized carbons (Fsp3) is 0.556. The zero-order chi connectivity index (χ0) is 20.1. The molecule has 3 N–H and O–H groups in total. The molecule has 7 nitrogen and oxygen atoms in total. The molecular weight excluding hydrogens is 356 g/mol. The number of benzene rings is 1. The molecule has 1 aromatic carbocycles. The molecule has 8 heteroatoms. The van der Waals surface area contributed by atoms with Gasteiger partial charge >= 0.3 is 5.97 Å². The van der Waals surface area contributed by atoms with E-state index in [1.165, 1.54) is 18.2 Å². The number of carboxylic acids is 1. The van der Waals surface area contributed by atoms with E-state index in [0.717, 1.165) is 0 Å². The number of amides is 1. The SMILES string of the molecule is CCNS(=O)(=O)c1ccc(C)c(C(=O)NC(CCC(C)(C)C)C(=O)O)c1. The van der Waals surface area contributed by atoms with Crippen molar-refractivity contribution in [3.63, 3.8) is 0 Å². The van der Waals surface area contributed by atoms with Crippen LogP contribution < -0.4 is 10.0 Å². The van der Waals surface area contributed by atoms with Crippen LogP contribution in [-0.2, 0) is 14.8 Å². The molecule has 1 rings (SSSR count). The van der Waals surface area contributed by atoms with Crippen LogP contribution in [-0.4, -0.2) is 38.0 Å². The van der Waals surface area contributed by atoms with E-state index in [9.17, 15) is 23.1 Å². The Kier molecular flexibility index (Phi) is 7.35. The zero-order valence-corrected chi connectivity index (χ0v) is 16.7. The molecule has 146 valence electrons. The highest BCUT2D eigenvalue weighted by molar-refractivity contribution is 7.89. The van der Waals surface area contributed by atoms with Crippen molar-refractivity contribution < 1.29 is 23.1 Å². The Hall–Kier alpha value is -1.93. The van der Waals surface area contributed by atoms with Gasteiger partial charge in [0.05, 0.1) is 4.90 Å². The molecule has 0 fully saturated rings. The number of nitrogens with one attached hydrogen (secondary N) is 2. The van der Waals surface area contributed by atoms with Gasteiger partial charge in [0.1, 0.15) is 6.04 Å². The first-order valence-corrected chi connectivity index (χ1v) is 9.99. The average Bonchev–Trinajstić information content (AvgIpc) is 2.50. The molecule has 0 aromatic heterocycles. The number of sulfonamides is 1. The number of carbonyl (C=O) groups is 2. The maximum atomic E-state index is 12.6. The molecule has 0 aliphatic rings. The third kappa shape index (κ3) is 6.42. The third-order valence-electron chi connectivity index (χ3n) is 3.88. The van der Waals surface area contributed by atoms with Crippen molar-refractivity contribution >= 4 is 21.9 Å². The van der Waals surface area contributed by atoms with Crippen molar-refractivity contribution in [3.8, 4) is 0 Å². The van der Waals surface area contributed by atoms with Crippen molar-refractivity contribution in [2.45, 2.75) is 58.4 Å². The highest BCUT2D eigenvalue weighted by Crippen LogP contribution is 2.22. The van der Waals surface area contributed by atoms with Gasteiger partial charge in [-0.1, -0.05) is 33.8 Å². The topological polar surface area (TPSA) is 113 Å². The second kappa shape index (κ2) is 8.64. The van der Waals surface area contributed by atoms with Gasteiger partial charge in [0.25, 0.3) is 5.91 Å². The van der Waals surface area contributed by atoms with E-state index in [4.69, 9.17) is 0 Å². The van der Waals surface area contributed by atoms with Crippen molar-refractivity contribution in [2.75, 3.05) is 6.54 Å². The summed E-state index contributed by atoms with van der Waals surface area (Å²) < 4.78 is 26.6. The summed E-state index contributed by atoms with van der Waals surface area (Å²) in [5.74, 6) is -1.71. The van der Waals surface area contributed by atoms with Crippen LogP contribution in [0.2, 0.25) is 0 Å². The highest BCUT2D eigenvalue weighted by atomic mass is 32.2. The molecule has 0 radical (unpaired) electrons. The molecule has 1 unspecified atom stereocenters. The highest BCUT2D eigenvalue weighted by Gasteiger charge is 2.25. The number of hydrogen-bond acceptors (Lipinski definition) is 4. The van der Waals surface area contributed by atoms with E-state index in [2.05, 4.69) is 10.0 Å². The Morgan fingerprint density at radius 1 is 1.23 bits per heavy atom. The normalized spacial score (nSPS) is 13.3. The number of rotatable bonds is 8. The zero-order valence-electron chi connectivity index (χ0n) is 15.9. The molecule has 1 amide bonds.